The SMILES string of the molecule is CC(c1ccccc1)c1cc2c(c(C(C)(C)C)c1)OP(=O)(O)c1ccccc1-2. The lowest BCUT2D eigenvalue weighted by Crippen LogP contribution is -2.22. The molecular weight excluding hydrogens is 367 g/mol. The summed E-state index contributed by atoms with van der Waals surface area (Å²) in [5.74, 6) is 0.726. The summed E-state index contributed by atoms with van der Waals surface area (Å²) in [7, 11) is -3.90. The Kier molecular flexibility index (Phi) is 4.49. The quantitative estimate of drug-likeness (QED) is 0.544. The van der Waals surface area contributed by atoms with Crippen LogP contribution in [-0.4, -0.2) is 4.89 Å². The Balaban J connectivity index is 1.99. The largest absolute Gasteiger partial charge is 0.420 e. The van der Waals surface area contributed by atoms with Crippen LogP contribution in [0.1, 0.15) is 50.3 Å². The van der Waals surface area contributed by atoms with Crippen molar-refractivity contribution in [1.82, 2.24) is 0 Å². The van der Waals surface area contributed by atoms with E-state index in [1.807, 2.05) is 18.2 Å². The molecule has 1 aliphatic heterocycles. The molecule has 3 nitrogen and oxygen atoms in total. The van der Waals surface area contributed by atoms with Crippen molar-refractivity contribution < 1.29 is 14.0 Å². The molecule has 0 amide bonds. The molecule has 0 spiro atoms. The minimum absolute atomic E-state index is 0.197. The summed E-state index contributed by atoms with van der Waals surface area (Å²) in [4.78, 5) is 10.6. The highest BCUT2D eigenvalue weighted by molar-refractivity contribution is 7.62. The minimum Gasteiger partial charge on any atom is -0.420 e. The Hall–Kier alpha value is -2.35. The van der Waals surface area contributed by atoms with Crippen molar-refractivity contribution in [3.05, 3.63) is 83.4 Å². The Morgan fingerprint density at radius 3 is 2.21 bits per heavy atom. The Morgan fingerprint density at radius 2 is 1.54 bits per heavy atom. The van der Waals surface area contributed by atoms with Gasteiger partial charge in [0.25, 0.3) is 0 Å². The molecule has 4 heteroatoms. The molecule has 0 aliphatic carbocycles. The summed E-state index contributed by atoms with van der Waals surface area (Å²) in [5.41, 5.74) is 4.79. The number of fused-ring (bicyclic) bond motifs is 3. The van der Waals surface area contributed by atoms with E-state index in [9.17, 15) is 9.46 Å². The van der Waals surface area contributed by atoms with Gasteiger partial charge in [-0.3, -0.25) is 0 Å². The van der Waals surface area contributed by atoms with Gasteiger partial charge in [0.15, 0.2) is 0 Å². The second-order valence-corrected chi connectivity index (χ2v) is 10.2. The van der Waals surface area contributed by atoms with Crippen LogP contribution in [0.5, 0.6) is 5.75 Å². The zero-order chi connectivity index (χ0) is 20.1. The molecule has 2 atom stereocenters. The second-order valence-electron chi connectivity index (χ2n) is 8.46. The number of hydrogen-bond donors (Lipinski definition) is 1. The lowest BCUT2D eigenvalue weighted by Gasteiger charge is -2.32. The van der Waals surface area contributed by atoms with Crippen LogP contribution in [0.15, 0.2) is 66.7 Å². The molecule has 0 saturated heterocycles. The highest BCUT2D eigenvalue weighted by Gasteiger charge is 2.37. The van der Waals surface area contributed by atoms with Crippen molar-refractivity contribution >= 4 is 12.9 Å². The van der Waals surface area contributed by atoms with Crippen LogP contribution in [0, 0.1) is 0 Å². The van der Waals surface area contributed by atoms with Crippen molar-refractivity contribution in [1.29, 1.82) is 0 Å². The number of rotatable bonds is 2. The first-order chi connectivity index (χ1) is 13.2. The molecule has 28 heavy (non-hydrogen) atoms. The van der Waals surface area contributed by atoms with Crippen LogP contribution in [0.25, 0.3) is 11.1 Å². The number of hydrogen-bond acceptors (Lipinski definition) is 2. The molecule has 3 aromatic carbocycles. The van der Waals surface area contributed by atoms with Gasteiger partial charge in [-0.15, -0.1) is 0 Å². The van der Waals surface area contributed by atoms with E-state index in [2.05, 4.69) is 64.1 Å². The summed E-state index contributed by atoms with van der Waals surface area (Å²) in [5, 5.41) is 0.367. The lowest BCUT2D eigenvalue weighted by atomic mass is 9.80. The normalized spacial score (nSPS) is 19.3. The van der Waals surface area contributed by atoms with E-state index in [4.69, 9.17) is 4.52 Å². The Morgan fingerprint density at radius 1 is 0.893 bits per heavy atom. The van der Waals surface area contributed by atoms with Gasteiger partial charge in [0.1, 0.15) is 5.75 Å². The zero-order valence-corrected chi connectivity index (χ0v) is 17.5. The maximum atomic E-state index is 12.9. The minimum atomic E-state index is -3.90. The van der Waals surface area contributed by atoms with Crippen LogP contribution in [-0.2, 0) is 9.98 Å². The summed E-state index contributed by atoms with van der Waals surface area (Å²) in [6.45, 7) is 8.50. The lowest BCUT2D eigenvalue weighted by molar-refractivity contribution is 0.386. The highest BCUT2D eigenvalue weighted by Crippen LogP contribution is 2.55. The Bertz CT molecular complexity index is 1080. The predicted octanol–water partition coefficient (Wildman–Crippen LogP) is 6.01. The molecule has 1 N–H and O–H groups in total. The fraction of sp³-hybridized carbons (Fsp3) is 0.250. The second kappa shape index (κ2) is 6.62. The highest BCUT2D eigenvalue weighted by atomic mass is 31.2. The first-order valence-electron chi connectivity index (χ1n) is 9.54. The molecule has 0 aromatic heterocycles. The Labute approximate surface area is 166 Å². The standard InChI is InChI=1S/C24H25O3P/c1-16(17-10-6-5-7-11-17)18-14-20-19-12-8-9-13-22(19)28(25,26)27-23(20)21(15-18)24(2,3)4/h5-16H,1-4H3,(H,25,26). The molecular formula is C24H25O3P. The zero-order valence-electron chi connectivity index (χ0n) is 16.6. The monoisotopic (exact) mass is 392 g/mol. The van der Waals surface area contributed by atoms with Gasteiger partial charge in [-0.25, -0.2) is 4.57 Å². The van der Waals surface area contributed by atoms with Crippen molar-refractivity contribution in [2.45, 2.75) is 39.0 Å². The smallest absolute Gasteiger partial charge is 0.408 e. The summed E-state index contributed by atoms with van der Waals surface area (Å²) in [6, 6.07) is 21.9. The van der Waals surface area contributed by atoms with E-state index < -0.39 is 7.60 Å². The third-order valence-corrected chi connectivity index (χ3v) is 6.86. The summed E-state index contributed by atoms with van der Waals surface area (Å²) < 4.78 is 18.6. The first kappa shape index (κ1) is 19.0. The maximum Gasteiger partial charge on any atom is 0.408 e. The van der Waals surface area contributed by atoms with Gasteiger partial charge < -0.3 is 9.42 Å². The fourth-order valence-corrected chi connectivity index (χ4v) is 5.13. The molecule has 144 valence electrons. The van der Waals surface area contributed by atoms with Crippen molar-refractivity contribution in [3.8, 4) is 16.9 Å². The van der Waals surface area contributed by atoms with Crippen LogP contribution < -0.4 is 9.83 Å². The van der Waals surface area contributed by atoms with Crippen molar-refractivity contribution in [2.24, 2.45) is 0 Å². The summed E-state index contributed by atoms with van der Waals surface area (Å²) in [6.07, 6.45) is 0. The third-order valence-electron chi connectivity index (χ3n) is 5.43. The molecule has 2 unspecified atom stereocenters. The molecule has 3 aromatic rings. The molecule has 0 bridgehead atoms. The molecule has 4 rings (SSSR count). The van der Waals surface area contributed by atoms with Gasteiger partial charge in [0, 0.05) is 22.6 Å². The van der Waals surface area contributed by atoms with E-state index in [1.54, 1.807) is 12.1 Å². The first-order valence-corrected chi connectivity index (χ1v) is 11.1. The van der Waals surface area contributed by atoms with Gasteiger partial charge in [-0.05, 0) is 28.7 Å². The van der Waals surface area contributed by atoms with Crippen molar-refractivity contribution in [3.63, 3.8) is 0 Å². The average molecular weight is 392 g/mol. The maximum absolute atomic E-state index is 12.9. The van der Waals surface area contributed by atoms with Crippen molar-refractivity contribution in [2.75, 3.05) is 0 Å². The van der Waals surface area contributed by atoms with Gasteiger partial charge in [-0.1, -0.05) is 82.3 Å². The molecule has 1 heterocycles. The van der Waals surface area contributed by atoms with Gasteiger partial charge in [0.05, 0.1) is 5.30 Å². The van der Waals surface area contributed by atoms with Crippen LogP contribution in [0.3, 0.4) is 0 Å². The average Bonchev–Trinajstić information content (AvgIpc) is 2.66. The predicted molar refractivity (Wildman–Crippen MR) is 115 cm³/mol. The van der Waals surface area contributed by atoms with Crippen LogP contribution >= 0.6 is 7.60 Å². The molecule has 0 radical (unpaired) electrons. The molecule has 0 fully saturated rings. The third kappa shape index (κ3) is 3.19. The topological polar surface area (TPSA) is 46.5 Å². The van der Waals surface area contributed by atoms with Gasteiger partial charge >= 0.3 is 7.60 Å². The summed E-state index contributed by atoms with van der Waals surface area (Å²) >= 11 is 0. The molecule has 1 aliphatic rings. The fourth-order valence-electron chi connectivity index (χ4n) is 3.81. The molecule has 0 saturated carbocycles. The van der Waals surface area contributed by atoms with Crippen LogP contribution in [0.2, 0.25) is 0 Å². The van der Waals surface area contributed by atoms with Gasteiger partial charge in [0.2, 0.25) is 0 Å². The van der Waals surface area contributed by atoms with E-state index in [0.29, 0.717) is 11.1 Å². The van der Waals surface area contributed by atoms with E-state index >= 15 is 0 Å². The van der Waals surface area contributed by atoms with E-state index in [-0.39, 0.29) is 11.3 Å². The van der Waals surface area contributed by atoms with Crippen LogP contribution in [0.4, 0.5) is 0 Å². The number of benzene rings is 3. The van der Waals surface area contributed by atoms with E-state index in [0.717, 1.165) is 16.7 Å². The van der Waals surface area contributed by atoms with Gasteiger partial charge in [-0.2, -0.15) is 0 Å². The van der Waals surface area contributed by atoms with E-state index in [1.165, 1.54) is 11.1 Å².